The summed E-state index contributed by atoms with van der Waals surface area (Å²) in [5.41, 5.74) is 0.621. The molecule has 0 unspecified atom stereocenters. The molecule has 0 saturated heterocycles. The summed E-state index contributed by atoms with van der Waals surface area (Å²) in [5, 5.41) is 0. The summed E-state index contributed by atoms with van der Waals surface area (Å²) < 4.78 is 14.0. The number of carbonyl (C=O) groups excluding carboxylic acids is 1. The van der Waals surface area contributed by atoms with Crippen LogP contribution in [0.5, 0.6) is 0 Å². The molecule has 0 aromatic heterocycles. The first-order valence-electron chi connectivity index (χ1n) is 5.66. The topological polar surface area (TPSA) is 32.7 Å². The summed E-state index contributed by atoms with van der Waals surface area (Å²) in [6.45, 7) is 0. The molecule has 3 nitrogen and oxygen atoms in total. The molecule has 2 rings (SSSR count). The maximum absolute atomic E-state index is 14.0. The standard InChI is InChI=1S/C13H15FN2O/c1-16(2)11-6-3-5-10(14)12(11)13(15-9-17)7-4-8-13/h3,5-6H,4,7-8H2,1-2H3. The summed E-state index contributed by atoms with van der Waals surface area (Å²) in [6, 6.07) is 4.94. The Morgan fingerprint density at radius 1 is 1.41 bits per heavy atom. The molecule has 1 aliphatic carbocycles. The SMILES string of the molecule is CN(C)c1cccc(F)c1C1(N=C=O)CCC1. The molecule has 4 heteroatoms. The van der Waals surface area contributed by atoms with Crippen LogP contribution in [0.25, 0.3) is 0 Å². The van der Waals surface area contributed by atoms with Crippen LogP contribution in [-0.4, -0.2) is 20.2 Å². The van der Waals surface area contributed by atoms with Crippen LogP contribution in [-0.2, 0) is 10.3 Å². The number of hydrogen-bond donors (Lipinski definition) is 0. The average Bonchev–Trinajstić information content (AvgIpc) is 2.23. The van der Waals surface area contributed by atoms with Gasteiger partial charge in [-0.25, -0.2) is 9.18 Å². The molecule has 0 N–H and O–H groups in total. The van der Waals surface area contributed by atoms with E-state index in [4.69, 9.17) is 0 Å². The highest BCUT2D eigenvalue weighted by Crippen LogP contribution is 2.48. The van der Waals surface area contributed by atoms with Crippen LogP contribution in [0, 0.1) is 5.82 Å². The molecule has 0 amide bonds. The Hall–Kier alpha value is -1.67. The van der Waals surface area contributed by atoms with Gasteiger partial charge in [0.1, 0.15) is 11.4 Å². The Morgan fingerprint density at radius 3 is 2.59 bits per heavy atom. The molecule has 17 heavy (non-hydrogen) atoms. The monoisotopic (exact) mass is 234 g/mol. The summed E-state index contributed by atoms with van der Waals surface area (Å²) in [7, 11) is 3.71. The van der Waals surface area contributed by atoms with E-state index in [-0.39, 0.29) is 5.82 Å². The summed E-state index contributed by atoms with van der Waals surface area (Å²) in [6.07, 6.45) is 3.98. The second-order valence-corrected chi connectivity index (χ2v) is 4.62. The van der Waals surface area contributed by atoms with Gasteiger partial charge in [-0.05, 0) is 31.4 Å². The van der Waals surface area contributed by atoms with Crippen molar-refractivity contribution in [3.8, 4) is 0 Å². The Bertz CT molecular complexity index is 474. The van der Waals surface area contributed by atoms with Crippen LogP contribution in [0.3, 0.4) is 0 Å². The first kappa shape index (κ1) is 11.8. The molecule has 0 radical (unpaired) electrons. The van der Waals surface area contributed by atoms with E-state index in [1.165, 1.54) is 6.07 Å². The minimum absolute atomic E-state index is 0.296. The lowest BCUT2D eigenvalue weighted by atomic mass is 9.71. The van der Waals surface area contributed by atoms with Crippen molar-refractivity contribution in [1.29, 1.82) is 0 Å². The van der Waals surface area contributed by atoms with Gasteiger partial charge in [0, 0.05) is 25.3 Å². The van der Waals surface area contributed by atoms with Gasteiger partial charge in [0.2, 0.25) is 6.08 Å². The minimum atomic E-state index is -0.688. The zero-order chi connectivity index (χ0) is 12.5. The van der Waals surface area contributed by atoms with Crippen LogP contribution in [0.4, 0.5) is 10.1 Å². The second-order valence-electron chi connectivity index (χ2n) is 4.62. The van der Waals surface area contributed by atoms with Crippen LogP contribution < -0.4 is 4.90 Å². The van der Waals surface area contributed by atoms with Crippen molar-refractivity contribution in [3.05, 3.63) is 29.6 Å². The van der Waals surface area contributed by atoms with Gasteiger partial charge in [-0.1, -0.05) is 6.07 Å². The van der Waals surface area contributed by atoms with E-state index in [1.54, 1.807) is 12.1 Å². The minimum Gasteiger partial charge on any atom is -0.377 e. The fourth-order valence-corrected chi connectivity index (χ4v) is 2.36. The van der Waals surface area contributed by atoms with Crippen molar-refractivity contribution in [1.82, 2.24) is 0 Å². The van der Waals surface area contributed by atoms with Crippen molar-refractivity contribution in [2.45, 2.75) is 24.8 Å². The van der Waals surface area contributed by atoms with E-state index < -0.39 is 5.54 Å². The van der Waals surface area contributed by atoms with Crippen molar-refractivity contribution in [3.63, 3.8) is 0 Å². The molecule has 0 bridgehead atoms. The fourth-order valence-electron chi connectivity index (χ4n) is 2.36. The quantitative estimate of drug-likeness (QED) is 0.595. The molecule has 1 aromatic carbocycles. The van der Waals surface area contributed by atoms with Crippen LogP contribution in [0.1, 0.15) is 24.8 Å². The highest BCUT2D eigenvalue weighted by atomic mass is 19.1. The highest BCUT2D eigenvalue weighted by molar-refractivity contribution is 5.58. The molecule has 0 atom stereocenters. The van der Waals surface area contributed by atoms with E-state index in [1.807, 2.05) is 25.1 Å². The molecule has 1 fully saturated rings. The highest BCUT2D eigenvalue weighted by Gasteiger charge is 2.42. The third-order valence-corrected chi connectivity index (χ3v) is 3.38. The van der Waals surface area contributed by atoms with Crippen LogP contribution in [0.15, 0.2) is 23.2 Å². The van der Waals surface area contributed by atoms with E-state index in [0.29, 0.717) is 18.4 Å². The van der Waals surface area contributed by atoms with Crippen molar-refractivity contribution in [2.75, 3.05) is 19.0 Å². The molecular weight excluding hydrogens is 219 g/mol. The number of benzene rings is 1. The van der Waals surface area contributed by atoms with Gasteiger partial charge in [0.15, 0.2) is 0 Å². The zero-order valence-corrected chi connectivity index (χ0v) is 10.0. The Labute approximate surface area is 100.0 Å². The van der Waals surface area contributed by atoms with Gasteiger partial charge in [-0.2, -0.15) is 4.99 Å². The summed E-state index contributed by atoms with van der Waals surface area (Å²) in [5.74, 6) is -0.296. The molecule has 1 aromatic rings. The second kappa shape index (κ2) is 4.30. The van der Waals surface area contributed by atoms with E-state index in [0.717, 1.165) is 12.1 Å². The van der Waals surface area contributed by atoms with Gasteiger partial charge >= 0.3 is 0 Å². The lowest BCUT2D eigenvalue weighted by Crippen LogP contribution is -2.34. The number of halogens is 1. The molecular formula is C13H15FN2O. The number of isocyanates is 1. The lowest BCUT2D eigenvalue weighted by Gasteiger charge is -2.39. The summed E-state index contributed by atoms with van der Waals surface area (Å²) in [4.78, 5) is 16.3. The number of anilines is 1. The first-order chi connectivity index (χ1) is 8.10. The molecule has 0 heterocycles. The Morgan fingerprint density at radius 2 is 2.12 bits per heavy atom. The third kappa shape index (κ3) is 1.85. The fraction of sp³-hybridized carbons (Fsp3) is 0.462. The van der Waals surface area contributed by atoms with Crippen LogP contribution >= 0.6 is 0 Å². The maximum Gasteiger partial charge on any atom is 0.235 e. The van der Waals surface area contributed by atoms with Gasteiger partial charge in [-0.3, -0.25) is 0 Å². The lowest BCUT2D eigenvalue weighted by molar-refractivity contribution is 0.248. The predicted molar refractivity (Wildman–Crippen MR) is 64.4 cm³/mol. The Kier molecular flexibility index (Phi) is 2.99. The number of hydrogen-bond acceptors (Lipinski definition) is 3. The molecule has 0 aliphatic heterocycles. The van der Waals surface area contributed by atoms with Crippen molar-refractivity contribution in [2.24, 2.45) is 4.99 Å². The molecule has 1 aliphatic rings. The molecule has 1 saturated carbocycles. The van der Waals surface area contributed by atoms with E-state index in [9.17, 15) is 9.18 Å². The van der Waals surface area contributed by atoms with Gasteiger partial charge in [0.25, 0.3) is 0 Å². The van der Waals surface area contributed by atoms with Gasteiger partial charge < -0.3 is 4.90 Å². The molecule has 90 valence electrons. The predicted octanol–water partition coefficient (Wildman–Crippen LogP) is 2.61. The van der Waals surface area contributed by atoms with Crippen molar-refractivity contribution < 1.29 is 9.18 Å². The summed E-state index contributed by atoms with van der Waals surface area (Å²) >= 11 is 0. The van der Waals surface area contributed by atoms with E-state index in [2.05, 4.69) is 4.99 Å². The van der Waals surface area contributed by atoms with Crippen LogP contribution in [0.2, 0.25) is 0 Å². The van der Waals surface area contributed by atoms with Crippen molar-refractivity contribution >= 4 is 11.8 Å². The number of aliphatic imine (C=N–C) groups is 1. The number of nitrogens with zero attached hydrogens (tertiary/aromatic N) is 2. The largest absolute Gasteiger partial charge is 0.377 e. The molecule has 0 spiro atoms. The smallest absolute Gasteiger partial charge is 0.235 e. The average molecular weight is 234 g/mol. The number of rotatable bonds is 3. The normalized spacial score (nSPS) is 16.9. The maximum atomic E-state index is 14.0. The third-order valence-electron chi connectivity index (χ3n) is 3.38. The van der Waals surface area contributed by atoms with Gasteiger partial charge in [-0.15, -0.1) is 0 Å². The van der Waals surface area contributed by atoms with E-state index >= 15 is 0 Å². The van der Waals surface area contributed by atoms with Gasteiger partial charge in [0.05, 0.1) is 0 Å². The first-order valence-corrected chi connectivity index (χ1v) is 5.66. The Balaban J connectivity index is 2.60. The zero-order valence-electron chi connectivity index (χ0n) is 10.0.